The van der Waals surface area contributed by atoms with E-state index in [1.54, 1.807) is 0 Å². The maximum Gasteiger partial charge on any atom is 0.251 e. The van der Waals surface area contributed by atoms with E-state index in [9.17, 15) is 4.79 Å². The Labute approximate surface area is 213 Å². The van der Waals surface area contributed by atoms with Crippen LogP contribution in [0.1, 0.15) is 47.5 Å². The first-order valence-electron chi connectivity index (χ1n) is 11.3. The Kier molecular flexibility index (Phi) is 12.0. The maximum atomic E-state index is 12.1. The molecule has 1 aromatic heterocycles. The molecule has 2 heterocycles. The third kappa shape index (κ3) is 8.04. The Hall–Kier alpha value is -1.65. The van der Waals surface area contributed by atoms with E-state index < -0.39 is 0 Å². The largest absolute Gasteiger partial charge is 0.357 e. The first-order valence-corrected chi connectivity index (χ1v) is 12.2. The van der Waals surface area contributed by atoms with Crippen molar-refractivity contribution in [2.24, 2.45) is 10.9 Å². The normalized spacial score (nSPS) is 19.1. The summed E-state index contributed by atoms with van der Waals surface area (Å²) in [6, 6.07) is 14.2. The molecule has 3 rings (SSSR count). The monoisotopic (exact) mass is 569 g/mol. The molecule has 3 N–H and O–H groups in total. The second-order valence-electron chi connectivity index (χ2n) is 7.97. The summed E-state index contributed by atoms with van der Waals surface area (Å²) in [4.78, 5) is 20.9. The standard InChI is InChI=1S/C24H35N5OS.HI/c1-3-25-24(27-15-9-14-26-23(30)19-10-5-4-6-11-19)28-18-20-12-7-16-29(2)22(20)21-13-8-17-31-21;/h4-6,8,10-11,13,17,20,22H,3,7,9,12,14-16,18H2,1-2H3,(H,26,30)(H2,25,27,28);1H. The topological polar surface area (TPSA) is 68.8 Å². The minimum absolute atomic E-state index is 0. The Balaban J connectivity index is 0.00000363. The highest BCUT2D eigenvalue weighted by atomic mass is 127. The lowest BCUT2D eigenvalue weighted by molar-refractivity contribution is 0.0953. The molecular weight excluding hydrogens is 533 g/mol. The van der Waals surface area contributed by atoms with Crippen molar-refractivity contribution in [3.8, 4) is 0 Å². The Morgan fingerprint density at radius 2 is 1.91 bits per heavy atom. The first kappa shape index (κ1) is 26.6. The van der Waals surface area contributed by atoms with Crippen molar-refractivity contribution in [1.82, 2.24) is 20.9 Å². The Morgan fingerprint density at radius 1 is 1.12 bits per heavy atom. The number of amides is 1. The molecule has 2 atom stereocenters. The molecular formula is C24H36IN5OS. The van der Waals surface area contributed by atoms with E-state index in [4.69, 9.17) is 4.99 Å². The van der Waals surface area contributed by atoms with Gasteiger partial charge in [0, 0.05) is 42.7 Å². The van der Waals surface area contributed by atoms with Crippen molar-refractivity contribution in [3.63, 3.8) is 0 Å². The van der Waals surface area contributed by atoms with Crippen LogP contribution in [0.2, 0.25) is 0 Å². The number of aliphatic imine (C=N–C) groups is 1. The van der Waals surface area contributed by atoms with Crippen molar-refractivity contribution in [2.45, 2.75) is 32.2 Å². The van der Waals surface area contributed by atoms with E-state index in [1.807, 2.05) is 41.7 Å². The van der Waals surface area contributed by atoms with Crippen molar-refractivity contribution in [3.05, 3.63) is 58.3 Å². The Morgan fingerprint density at radius 3 is 2.62 bits per heavy atom. The van der Waals surface area contributed by atoms with Gasteiger partial charge in [-0.05, 0) is 69.3 Å². The van der Waals surface area contributed by atoms with Crippen molar-refractivity contribution >= 4 is 47.2 Å². The maximum absolute atomic E-state index is 12.1. The van der Waals surface area contributed by atoms with E-state index in [2.05, 4.69) is 52.3 Å². The van der Waals surface area contributed by atoms with Crippen molar-refractivity contribution in [1.29, 1.82) is 0 Å². The number of rotatable bonds is 9. The summed E-state index contributed by atoms with van der Waals surface area (Å²) >= 11 is 1.85. The van der Waals surface area contributed by atoms with Gasteiger partial charge in [-0.25, -0.2) is 0 Å². The lowest BCUT2D eigenvalue weighted by atomic mass is 9.88. The molecule has 32 heavy (non-hydrogen) atoms. The van der Waals surface area contributed by atoms with Gasteiger partial charge in [0.15, 0.2) is 5.96 Å². The molecule has 0 radical (unpaired) electrons. The van der Waals surface area contributed by atoms with Gasteiger partial charge in [0.1, 0.15) is 0 Å². The lowest BCUT2D eigenvalue weighted by Gasteiger charge is -2.38. The third-order valence-electron chi connectivity index (χ3n) is 5.64. The van der Waals surface area contributed by atoms with Crippen LogP contribution in [0.3, 0.4) is 0 Å². The molecule has 1 aliphatic heterocycles. The zero-order valence-electron chi connectivity index (χ0n) is 19.0. The van der Waals surface area contributed by atoms with E-state index in [-0.39, 0.29) is 29.9 Å². The molecule has 0 saturated carbocycles. The van der Waals surface area contributed by atoms with Crippen LogP contribution in [0, 0.1) is 5.92 Å². The van der Waals surface area contributed by atoms with Crippen LogP contribution in [0.15, 0.2) is 52.8 Å². The van der Waals surface area contributed by atoms with Crippen LogP contribution in [0.4, 0.5) is 0 Å². The molecule has 1 saturated heterocycles. The number of hydrogen-bond acceptors (Lipinski definition) is 4. The summed E-state index contributed by atoms with van der Waals surface area (Å²) in [6.45, 7) is 6.27. The predicted molar refractivity (Wildman–Crippen MR) is 145 cm³/mol. The number of likely N-dealkylation sites (tertiary alicyclic amines) is 1. The van der Waals surface area contributed by atoms with Gasteiger partial charge in [-0.15, -0.1) is 35.3 Å². The van der Waals surface area contributed by atoms with Gasteiger partial charge >= 0.3 is 0 Å². The van der Waals surface area contributed by atoms with Crippen LogP contribution in [-0.4, -0.2) is 56.5 Å². The smallest absolute Gasteiger partial charge is 0.251 e. The van der Waals surface area contributed by atoms with Gasteiger partial charge in [-0.3, -0.25) is 14.7 Å². The number of carbonyl (C=O) groups is 1. The van der Waals surface area contributed by atoms with Gasteiger partial charge in [0.25, 0.3) is 5.91 Å². The molecule has 2 unspecified atom stereocenters. The number of thiophene rings is 1. The van der Waals surface area contributed by atoms with Gasteiger partial charge < -0.3 is 16.0 Å². The summed E-state index contributed by atoms with van der Waals surface area (Å²) in [5.41, 5.74) is 0.697. The highest BCUT2D eigenvalue weighted by Crippen LogP contribution is 2.37. The first-order chi connectivity index (χ1) is 15.2. The molecule has 8 heteroatoms. The van der Waals surface area contributed by atoms with Crippen LogP contribution < -0.4 is 16.0 Å². The molecule has 1 aliphatic rings. The highest BCUT2D eigenvalue weighted by Gasteiger charge is 2.31. The van der Waals surface area contributed by atoms with Crippen LogP contribution in [-0.2, 0) is 0 Å². The molecule has 0 aliphatic carbocycles. The lowest BCUT2D eigenvalue weighted by Crippen LogP contribution is -2.40. The van der Waals surface area contributed by atoms with Crippen LogP contribution >= 0.6 is 35.3 Å². The molecule has 6 nitrogen and oxygen atoms in total. The second-order valence-corrected chi connectivity index (χ2v) is 8.94. The van der Waals surface area contributed by atoms with Crippen molar-refractivity contribution in [2.75, 3.05) is 39.8 Å². The molecule has 0 bridgehead atoms. The number of nitrogens with one attached hydrogen (secondary N) is 3. The van der Waals surface area contributed by atoms with Gasteiger partial charge in [0.05, 0.1) is 0 Å². The minimum Gasteiger partial charge on any atom is -0.357 e. The molecule has 176 valence electrons. The van der Waals surface area contributed by atoms with Gasteiger partial charge in [-0.1, -0.05) is 24.3 Å². The minimum atomic E-state index is -0.0257. The van der Waals surface area contributed by atoms with Gasteiger partial charge in [0.2, 0.25) is 0 Å². The van der Waals surface area contributed by atoms with Gasteiger partial charge in [-0.2, -0.15) is 0 Å². The number of benzene rings is 1. The zero-order valence-corrected chi connectivity index (χ0v) is 22.2. The number of guanidine groups is 1. The Bertz CT molecular complexity index is 815. The summed E-state index contributed by atoms with van der Waals surface area (Å²) in [5, 5.41) is 11.9. The fraction of sp³-hybridized carbons (Fsp3) is 0.500. The van der Waals surface area contributed by atoms with Crippen molar-refractivity contribution < 1.29 is 4.79 Å². The fourth-order valence-corrected chi connectivity index (χ4v) is 5.08. The molecule has 2 aromatic rings. The predicted octanol–water partition coefficient (Wildman–Crippen LogP) is 4.12. The number of piperidine rings is 1. The zero-order chi connectivity index (χ0) is 21.9. The van der Waals surface area contributed by atoms with E-state index >= 15 is 0 Å². The summed E-state index contributed by atoms with van der Waals surface area (Å²) < 4.78 is 0. The van der Waals surface area contributed by atoms with E-state index in [0.717, 1.165) is 38.6 Å². The number of halogens is 1. The van der Waals surface area contributed by atoms with Crippen LogP contribution in [0.25, 0.3) is 0 Å². The summed E-state index contributed by atoms with van der Waals surface area (Å²) in [6.07, 6.45) is 3.28. The average molecular weight is 570 g/mol. The third-order valence-corrected chi connectivity index (χ3v) is 6.58. The fourth-order valence-electron chi connectivity index (χ4n) is 4.10. The number of carbonyl (C=O) groups excluding carboxylic acids is 1. The van der Waals surface area contributed by atoms with Crippen LogP contribution in [0.5, 0.6) is 0 Å². The number of nitrogens with zero attached hydrogens (tertiary/aromatic N) is 2. The average Bonchev–Trinajstić information content (AvgIpc) is 3.32. The SMILES string of the molecule is CCNC(=NCC1CCCN(C)C1c1cccs1)NCCCNC(=O)c1ccccc1.I. The number of hydrogen-bond donors (Lipinski definition) is 3. The molecule has 0 spiro atoms. The second kappa shape index (κ2) is 14.5. The summed E-state index contributed by atoms with van der Waals surface area (Å²) in [5.74, 6) is 1.36. The van der Waals surface area contributed by atoms with E-state index in [0.29, 0.717) is 24.1 Å². The summed E-state index contributed by atoms with van der Waals surface area (Å²) in [7, 11) is 2.23. The van der Waals surface area contributed by atoms with E-state index in [1.165, 1.54) is 17.7 Å². The molecule has 1 fully saturated rings. The quantitative estimate of drug-likeness (QED) is 0.184. The highest BCUT2D eigenvalue weighted by molar-refractivity contribution is 14.0. The molecule has 1 aromatic carbocycles. The molecule has 1 amide bonds.